The Balaban J connectivity index is 3.61. The Bertz CT molecular complexity index is 521. The Morgan fingerprint density at radius 2 is 1.86 bits per heavy atom. The van der Waals surface area contributed by atoms with Crippen molar-refractivity contribution in [2.24, 2.45) is 0 Å². The van der Waals surface area contributed by atoms with Gasteiger partial charge in [-0.2, -0.15) is 8.42 Å². The predicted molar refractivity (Wildman–Crippen MR) is 55.1 cm³/mol. The van der Waals surface area contributed by atoms with Crippen molar-refractivity contribution in [2.75, 3.05) is 0 Å². The van der Waals surface area contributed by atoms with Crippen LogP contribution in [0.3, 0.4) is 0 Å². The van der Waals surface area contributed by atoms with Crippen molar-refractivity contribution in [3.05, 3.63) is 27.3 Å². The van der Waals surface area contributed by atoms with Gasteiger partial charge in [0.1, 0.15) is 4.90 Å². The molecule has 0 unspecified atom stereocenters. The summed E-state index contributed by atoms with van der Waals surface area (Å²) in [6, 6.07) is 3.74. The van der Waals surface area contributed by atoms with Gasteiger partial charge < -0.3 is 0 Å². The molecule has 0 amide bonds. The average molecular weight is 330 g/mol. The van der Waals surface area contributed by atoms with Crippen LogP contribution in [-0.2, 0) is 16.3 Å². The highest BCUT2D eigenvalue weighted by Crippen LogP contribution is 2.26. The smallest absolute Gasteiger partial charge is 0.282 e. The molecule has 1 aromatic rings. The zero-order chi connectivity index (χ0) is 10.9. The Hall–Kier alpha value is -0.540. The fraction of sp³-hybridized carbons (Fsp3) is 0.143. The first-order valence-corrected chi connectivity index (χ1v) is 7.74. The second-order valence-electron chi connectivity index (χ2n) is 2.63. The lowest BCUT2D eigenvalue weighted by Gasteiger charge is -2.00. The molecule has 0 saturated carbocycles. The highest BCUT2D eigenvalue weighted by molar-refractivity contribution is 14.2. The van der Waals surface area contributed by atoms with E-state index >= 15 is 0 Å². The molecule has 0 bridgehead atoms. The highest BCUT2D eigenvalue weighted by Gasteiger charge is 2.18. The molecule has 1 aromatic carbocycles. The van der Waals surface area contributed by atoms with E-state index < -0.39 is 34.8 Å². The summed E-state index contributed by atoms with van der Waals surface area (Å²) < 4.78 is 51.5. The summed E-state index contributed by atoms with van der Waals surface area (Å²) in [6.07, 6.45) is 0. The van der Waals surface area contributed by atoms with Crippen LogP contribution in [-0.4, -0.2) is 13.0 Å². The quantitative estimate of drug-likeness (QED) is 0.657. The van der Waals surface area contributed by atoms with E-state index in [2.05, 4.69) is 0 Å². The van der Waals surface area contributed by atoms with Crippen molar-refractivity contribution in [1.29, 1.82) is 0 Å². The molecule has 0 aromatic heterocycles. The molecule has 0 atom stereocenters. The molecule has 78 valence electrons. The monoisotopic (exact) mass is 330 g/mol. The summed E-state index contributed by atoms with van der Waals surface area (Å²) in [5.74, 6) is 0. The zero-order valence-electron chi connectivity index (χ0n) is 7.10. The van der Waals surface area contributed by atoms with E-state index in [0.717, 1.165) is 6.07 Å². The van der Waals surface area contributed by atoms with Crippen LogP contribution >= 0.6 is 19.8 Å². The van der Waals surface area contributed by atoms with Gasteiger partial charge in [0.2, 0.25) is 0 Å². The molecule has 0 aliphatic carbocycles. The van der Waals surface area contributed by atoms with Crippen LogP contribution in [0.5, 0.6) is 0 Å². The minimum Gasteiger partial charge on any atom is -0.282 e. The molecule has 0 fully saturated rings. The molecule has 0 aliphatic heterocycles. The molecule has 14 heavy (non-hydrogen) atoms. The lowest BCUT2D eigenvalue weighted by atomic mass is 10.2. The summed E-state index contributed by atoms with van der Waals surface area (Å²) in [4.78, 5) is -0.543. The van der Waals surface area contributed by atoms with E-state index in [1.165, 1.54) is 12.1 Å². The SMILES string of the molecule is Cc1ccc(S(=O)(=O)O)c(I(=O)=O)c1. The normalized spacial score (nSPS) is 11.9. The lowest BCUT2D eigenvalue weighted by molar-refractivity contribution is 0.482. The summed E-state index contributed by atoms with van der Waals surface area (Å²) >= 11 is -3.90. The number of benzene rings is 1. The average Bonchev–Trinajstić information content (AvgIpc) is 2.01. The van der Waals surface area contributed by atoms with E-state index in [1.807, 2.05) is 0 Å². The predicted octanol–water partition coefficient (Wildman–Crippen LogP) is 1.61. The number of hydrogen-bond donors (Lipinski definition) is 1. The van der Waals surface area contributed by atoms with Crippen LogP contribution in [0, 0.1) is 10.5 Å². The number of rotatable bonds is 2. The van der Waals surface area contributed by atoms with Crippen LogP contribution in [0.2, 0.25) is 0 Å². The summed E-state index contributed by atoms with van der Waals surface area (Å²) in [5, 5.41) is 0. The first-order chi connectivity index (χ1) is 6.32. The third-order valence-corrected chi connectivity index (χ3v) is 4.65. The molecule has 0 saturated heterocycles. The molecule has 0 aliphatic rings. The van der Waals surface area contributed by atoms with Gasteiger partial charge in [-0.25, -0.2) is 6.14 Å². The summed E-state index contributed by atoms with van der Waals surface area (Å²) in [7, 11) is -4.46. The third kappa shape index (κ3) is 2.49. The van der Waals surface area contributed by atoms with Crippen LogP contribution in [0.15, 0.2) is 23.1 Å². The largest absolute Gasteiger partial charge is 0.342 e. The Kier molecular flexibility index (Phi) is 3.22. The third-order valence-electron chi connectivity index (χ3n) is 1.53. The molecule has 0 radical (unpaired) electrons. The van der Waals surface area contributed by atoms with Gasteiger partial charge in [-0.1, -0.05) is 6.07 Å². The van der Waals surface area contributed by atoms with Crippen molar-refractivity contribution < 1.29 is 19.1 Å². The van der Waals surface area contributed by atoms with Crippen molar-refractivity contribution in [2.45, 2.75) is 11.8 Å². The maximum absolute atomic E-state index is 10.8. The van der Waals surface area contributed by atoms with Gasteiger partial charge in [0.25, 0.3) is 10.1 Å². The number of aryl methyl sites for hydroxylation is 1. The first-order valence-electron chi connectivity index (χ1n) is 3.46. The Labute approximate surface area is 88.0 Å². The van der Waals surface area contributed by atoms with Gasteiger partial charge in [0, 0.05) is 0 Å². The van der Waals surface area contributed by atoms with E-state index in [-0.39, 0.29) is 3.57 Å². The van der Waals surface area contributed by atoms with Crippen LogP contribution in [0.1, 0.15) is 5.56 Å². The van der Waals surface area contributed by atoms with E-state index in [1.54, 1.807) is 6.92 Å². The highest BCUT2D eigenvalue weighted by atomic mass is 127. The van der Waals surface area contributed by atoms with Crippen molar-refractivity contribution >= 4 is 29.9 Å². The molecular weight excluding hydrogens is 323 g/mol. The maximum Gasteiger partial charge on any atom is 0.342 e. The molecule has 0 heterocycles. The fourth-order valence-electron chi connectivity index (χ4n) is 0.936. The van der Waals surface area contributed by atoms with E-state index in [0.29, 0.717) is 5.56 Å². The van der Waals surface area contributed by atoms with Gasteiger partial charge in [0.15, 0.2) is 0 Å². The lowest BCUT2D eigenvalue weighted by Crippen LogP contribution is -2.01. The van der Waals surface area contributed by atoms with Crippen LogP contribution in [0.25, 0.3) is 0 Å². The topological polar surface area (TPSA) is 88.5 Å². The maximum atomic E-state index is 10.8. The molecule has 5 nitrogen and oxygen atoms in total. The van der Waals surface area contributed by atoms with Gasteiger partial charge in [0.05, 0.1) is 3.57 Å². The van der Waals surface area contributed by atoms with Gasteiger partial charge >= 0.3 is 19.8 Å². The minimum atomic E-state index is -4.46. The Morgan fingerprint density at radius 3 is 2.29 bits per heavy atom. The number of halogens is 1. The zero-order valence-corrected chi connectivity index (χ0v) is 10.1. The molecule has 7 heteroatoms. The Morgan fingerprint density at radius 1 is 1.29 bits per heavy atom. The van der Waals surface area contributed by atoms with Crippen molar-refractivity contribution in [3.8, 4) is 0 Å². The van der Waals surface area contributed by atoms with Gasteiger partial charge in [-0.05, 0) is 24.6 Å². The second-order valence-corrected chi connectivity index (χ2v) is 6.42. The molecular formula is C7H7IO5S. The molecule has 1 N–H and O–H groups in total. The fourth-order valence-corrected chi connectivity index (χ4v) is 4.10. The summed E-state index contributed by atoms with van der Waals surface area (Å²) in [6.45, 7) is 1.64. The first kappa shape index (κ1) is 11.5. The van der Waals surface area contributed by atoms with E-state index in [9.17, 15) is 14.6 Å². The van der Waals surface area contributed by atoms with Crippen molar-refractivity contribution in [1.82, 2.24) is 0 Å². The molecule has 1 rings (SSSR count). The standard InChI is InChI=1S/C7H7IO5S/c1-5-2-3-7(14(11,12)13)6(4-5)8(9)10/h2-4H,1H3,(H,11,12,13). The van der Waals surface area contributed by atoms with Crippen LogP contribution in [0.4, 0.5) is 0 Å². The molecule has 0 spiro atoms. The number of hydrogen-bond acceptors (Lipinski definition) is 4. The minimum absolute atomic E-state index is 0.295. The van der Waals surface area contributed by atoms with E-state index in [4.69, 9.17) is 4.55 Å². The van der Waals surface area contributed by atoms with Crippen molar-refractivity contribution in [3.63, 3.8) is 0 Å². The summed E-state index contributed by atoms with van der Waals surface area (Å²) in [5.41, 5.74) is 0.626. The van der Waals surface area contributed by atoms with Crippen LogP contribution < -0.4 is 0 Å². The van der Waals surface area contributed by atoms with Gasteiger partial charge in [-0.3, -0.25) is 4.55 Å². The van der Waals surface area contributed by atoms with Gasteiger partial charge in [-0.15, -0.1) is 0 Å². The second kappa shape index (κ2) is 3.91.